The van der Waals surface area contributed by atoms with Gasteiger partial charge in [0.15, 0.2) is 0 Å². The van der Waals surface area contributed by atoms with E-state index in [1.165, 1.54) is 37.3 Å². The second kappa shape index (κ2) is 7.99. The van der Waals surface area contributed by atoms with Gasteiger partial charge in [0.05, 0.1) is 25.8 Å². The molecular weight excluding hydrogens is 364 g/mol. The van der Waals surface area contributed by atoms with Gasteiger partial charge in [0.1, 0.15) is 17.1 Å². The van der Waals surface area contributed by atoms with Crippen molar-refractivity contribution in [3.63, 3.8) is 0 Å². The highest BCUT2D eigenvalue weighted by Crippen LogP contribution is 2.33. The number of carbonyl (C=O) groups is 3. The first-order valence-corrected chi connectivity index (χ1v) is 8.60. The lowest BCUT2D eigenvalue weighted by Crippen LogP contribution is -2.28. The average Bonchev–Trinajstić information content (AvgIpc) is 3.09. The van der Waals surface area contributed by atoms with Crippen LogP contribution in [0.1, 0.15) is 16.8 Å². The number of methoxy groups -OCH3 is 2. The van der Waals surface area contributed by atoms with Crippen molar-refractivity contribution in [1.82, 2.24) is 0 Å². The predicted octanol–water partition coefficient (Wildman–Crippen LogP) is 2.39. The molecule has 1 aliphatic heterocycles. The molecule has 8 heteroatoms. The van der Waals surface area contributed by atoms with Crippen LogP contribution in [0.2, 0.25) is 0 Å². The molecule has 0 bridgehead atoms. The van der Waals surface area contributed by atoms with E-state index in [9.17, 15) is 14.4 Å². The maximum Gasteiger partial charge on any atom is 0.339 e. The molecule has 1 saturated heterocycles. The lowest BCUT2D eigenvalue weighted by molar-refractivity contribution is -0.122. The van der Waals surface area contributed by atoms with E-state index in [-0.39, 0.29) is 36.1 Å². The highest BCUT2D eigenvalue weighted by molar-refractivity contribution is 6.04. The molecule has 0 saturated carbocycles. The van der Waals surface area contributed by atoms with Gasteiger partial charge in [-0.15, -0.1) is 0 Å². The Labute approximate surface area is 161 Å². The van der Waals surface area contributed by atoms with Crippen molar-refractivity contribution in [2.75, 3.05) is 31.0 Å². The van der Waals surface area contributed by atoms with Crippen LogP contribution in [0.3, 0.4) is 0 Å². The van der Waals surface area contributed by atoms with E-state index in [1.54, 1.807) is 24.3 Å². The zero-order chi connectivity index (χ0) is 20.3. The van der Waals surface area contributed by atoms with Gasteiger partial charge in [-0.05, 0) is 24.3 Å². The van der Waals surface area contributed by atoms with Crippen LogP contribution in [0.5, 0.6) is 11.5 Å². The fraction of sp³-hybridized carbons (Fsp3) is 0.250. The van der Waals surface area contributed by atoms with Crippen molar-refractivity contribution in [2.24, 2.45) is 5.92 Å². The number of anilines is 2. The molecule has 1 atom stereocenters. The first-order chi connectivity index (χ1) is 13.4. The number of carboxylic acid groups (broad SMARTS) is 1. The van der Waals surface area contributed by atoms with Crippen molar-refractivity contribution in [2.45, 2.75) is 6.42 Å². The van der Waals surface area contributed by atoms with Crippen LogP contribution >= 0.6 is 0 Å². The third-order valence-corrected chi connectivity index (χ3v) is 4.57. The minimum Gasteiger partial charge on any atom is -0.496 e. The fourth-order valence-electron chi connectivity index (χ4n) is 3.16. The lowest BCUT2D eigenvalue weighted by Gasteiger charge is -2.19. The van der Waals surface area contributed by atoms with Crippen LogP contribution in [0.4, 0.5) is 11.4 Å². The van der Waals surface area contributed by atoms with E-state index in [4.69, 9.17) is 14.6 Å². The first kappa shape index (κ1) is 19.2. The molecule has 0 aliphatic carbocycles. The SMILES string of the molecule is COc1cc(NC(=O)C2CC(=O)N(c3ccccc3OC)C2)ccc1C(=O)O. The van der Waals surface area contributed by atoms with Gasteiger partial charge in [0.2, 0.25) is 11.8 Å². The zero-order valence-electron chi connectivity index (χ0n) is 15.5. The predicted molar refractivity (Wildman–Crippen MR) is 102 cm³/mol. The summed E-state index contributed by atoms with van der Waals surface area (Å²) < 4.78 is 10.4. The van der Waals surface area contributed by atoms with Crippen LogP contribution in [0, 0.1) is 5.92 Å². The molecule has 1 fully saturated rings. The summed E-state index contributed by atoms with van der Waals surface area (Å²) in [4.78, 5) is 37.8. The van der Waals surface area contributed by atoms with Crippen LogP contribution in [-0.2, 0) is 9.59 Å². The van der Waals surface area contributed by atoms with Crippen LogP contribution in [0.15, 0.2) is 42.5 Å². The number of amides is 2. The van der Waals surface area contributed by atoms with Gasteiger partial charge in [-0.1, -0.05) is 12.1 Å². The Balaban J connectivity index is 1.74. The molecule has 0 spiro atoms. The molecule has 1 aliphatic rings. The van der Waals surface area contributed by atoms with E-state index in [2.05, 4.69) is 5.32 Å². The second-order valence-corrected chi connectivity index (χ2v) is 6.29. The Morgan fingerprint density at radius 1 is 1.11 bits per heavy atom. The smallest absolute Gasteiger partial charge is 0.339 e. The molecule has 2 amide bonds. The number of hydrogen-bond donors (Lipinski definition) is 2. The summed E-state index contributed by atoms with van der Waals surface area (Å²) in [5.74, 6) is -1.44. The van der Waals surface area contributed by atoms with Gasteiger partial charge in [0.25, 0.3) is 0 Å². The third kappa shape index (κ3) is 3.75. The van der Waals surface area contributed by atoms with E-state index in [0.29, 0.717) is 17.1 Å². The molecule has 28 heavy (non-hydrogen) atoms. The number of hydrogen-bond acceptors (Lipinski definition) is 5. The van der Waals surface area contributed by atoms with Crippen molar-refractivity contribution >= 4 is 29.2 Å². The number of para-hydroxylation sites is 2. The fourth-order valence-corrected chi connectivity index (χ4v) is 3.16. The monoisotopic (exact) mass is 384 g/mol. The molecular formula is C20H20N2O6. The normalized spacial score (nSPS) is 16.0. The Morgan fingerprint density at radius 3 is 2.50 bits per heavy atom. The summed E-state index contributed by atoms with van der Waals surface area (Å²) in [6.07, 6.45) is 0.0776. The average molecular weight is 384 g/mol. The largest absolute Gasteiger partial charge is 0.496 e. The number of aromatic carboxylic acids is 1. The van der Waals surface area contributed by atoms with E-state index in [0.717, 1.165) is 0 Å². The molecule has 8 nitrogen and oxygen atoms in total. The number of benzene rings is 2. The van der Waals surface area contributed by atoms with Gasteiger partial charge in [0, 0.05) is 24.7 Å². The van der Waals surface area contributed by atoms with Crippen molar-refractivity contribution in [3.8, 4) is 11.5 Å². The van der Waals surface area contributed by atoms with E-state index in [1.807, 2.05) is 0 Å². The molecule has 146 valence electrons. The molecule has 0 aromatic heterocycles. The standard InChI is InChI=1S/C20H20N2O6/c1-27-16-6-4-3-5-15(16)22-11-12(9-18(22)23)19(24)21-13-7-8-14(20(25)26)17(10-13)28-2/h3-8,10,12H,9,11H2,1-2H3,(H,21,24)(H,25,26). The summed E-state index contributed by atoms with van der Waals surface area (Å²) in [7, 11) is 2.88. The van der Waals surface area contributed by atoms with Gasteiger partial charge in [-0.25, -0.2) is 4.79 Å². The second-order valence-electron chi connectivity index (χ2n) is 6.29. The Kier molecular flexibility index (Phi) is 5.49. The van der Waals surface area contributed by atoms with Gasteiger partial charge < -0.3 is 24.8 Å². The molecule has 1 heterocycles. The maximum atomic E-state index is 12.6. The summed E-state index contributed by atoms with van der Waals surface area (Å²) >= 11 is 0. The highest BCUT2D eigenvalue weighted by Gasteiger charge is 2.36. The molecule has 2 aromatic rings. The van der Waals surface area contributed by atoms with Crippen molar-refractivity contribution in [3.05, 3.63) is 48.0 Å². The maximum absolute atomic E-state index is 12.6. The molecule has 0 radical (unpaired) electrons. The molecule has 1 unspecified atom stereocenters. The number of nitrogens with one attached hydrogen (secondary N) is 1. The third-order valence-electron chi connectivity index (χ3n) is 4.57. The summed E-state index contributed by atoms with van der Waals surface area (Å²) in [6, 6.07) is 11.4. The molecule has 2 aromatic carbocycles. The molecule has 3 rings (SSSR count). The number of rotatable bonds is 6. The van der Waals surface area contributed by atoms with Gasteiger partial charge in [-0.3, -0.25) is 9.59 Å². The molecule has 2 N–H and O–H groups in total. The topological polar surface area (TPSA) is 105 Å². The number of carbonyl (C=O) groups excluding carboxylic acids is 2. The summed E-state index contributed by atoms with van der Waals surface area (Å²) in [6.45, 7) is 0.232. The van der Waals surface area contributed by atoms with Gasteiger partial charge in [-0.2, -0.15) is 0 Å². The highest BCUT2D eigenvalue weighted by atomic mass is 16.5. The first-order valence-electron chi connectivity index (χ1n) is 8.60. The quantitative estimate of drug-likeness (QED) is 0.792. The van der Waals surface area contributed by atoms with Crippen molar-refractivity contribution < 1.29 is 29.0 Å². The Morgan fingerprint density at radius 2 is 1.82 bits per heavy atom. The van der Waals surface area contributed by atoms with Gasteiger partial charge >= 0.3 is 5.97 Å². The van der Waals surface area contributed by atoms with Crippen LogP contribution in [-0.4, -0.2) is 43.7 Å². The summed E-state index contributed by atoms with van der Waals surface area (Å²) in [5.41, 5.74) is 1.02. The number of nitrogens with zero attached hydrogens (tertiary/aromatic N) is 1. The Bertz CT molecular complexity index is 927. The number of ether oxygens (including phenoxy) is 2. The zero-order valence-corrected chi connectivity index (χ0v) is 15.5. The Hall–Kier alpha value is -3.55. The van der Waals surface area contributed by atoms with Crippen LogP contribution < -0.4 is 19.7 Å². The van der Waals surface area contributed by atoms with Crippen molar-refractivity contribution in [1.29, 1.82) is 0 Å². The minimum atomic E-state index is -1.12. The summed E-state index contributed by atoms with van der Waals surface area (Å²) in [5, 5.41) is 11.9. The minimum absolute atomic E-state index is 0.00103. The lowest BCUT2D eigenvalue weighted by atomic mass is 10.1. The number of carboxylic acids is 1. The van der Waals surface area contributed by atoms with Crippen LogP contribution in [0.25, 0.3) is 0 Å². The van der Waals surface area contributed by atoms with E-state index >= 15 is 0 Å². The van der Waals surface area contributed by atoms with E-state index < -0.39 is 11.9 Å².